The van der Waals surface area contributed by atoms with E-state index in [-0.39, 0.29) is 5.65 Å². The second kappa shape index (κ2) is 7.02. The number of hydrogen-bond donors (Lipinski definition) is 1. The fourth-order valence-electron chi connectivity index (χ4n) is 3.40. The molecule has 0 spiro atoms. The second-order valence-corrected chi connectivity index (χ2v) is 6.94. The van der Waals surface area contributed by atoms with Crippen LogP contribution in [0.1, 0.15) is 29.2 Å². The number of anilines is 1. The lowest BCUT2D eigenvalue weighted by Gasteiger charge is -2.13. The van der Waals surface area contributed by atoms with E-state index in [2.05, 4.69) is 30.2 Å². The Morgan fingerprint density at radius 3 is 2.55 bits per heavy atom. The van der Waals surface area contributed by atoms with Crippen LogP contribution >= 0.6 is 0 Å². The van der Waals surface area contributed by atoms with Crippen LogP contribution in [0.4, 0.5) is 19.0 Å². The van der Waals surface area contributed by atoms with Crippen LogP contribution in [-0.2, 0) is 12.7 Å². The van der Waals surface area contributed by atoms with Crippen molar-refractivity contribution in [3.8, 4) is 0 Å². The van der Waals surface area contributed by atoms with E-state index in [0.29, 0.717) is 17.9 Å². The van der Waals surface area contributed by atoms with Crippen LogP contribution in [0.5, 0.6) is 0 Å². The molecule has 0 bridgehead atoms. The van der Waals surface area contributed by atoms with E-state index < -0.39 is 12.0 Å². The first-order valence-corrected chi connectivity index (χ1v) is 9.23. The van der Waals surface area contributed by atoms with Gasteiger partial charge in [0.15, 0.2) is 5.65 Å². The number of fused-ring (bicyclic) bond motifs is 2. The fourth-order valence-corrected chi connectivity index (χ4v) is 3.40. The van der Waals surface area contributed by atoms with E-state index in [4.69, 9.17) is 0 Å². The Morgan fingerprint density at radius 1 is 1.03 bits per heavy atom. The summed E-state index contributed by atoms with van der Waals surface area (Å²) in [5.41, 5.74) is 3.49. The van der Waals surface area contributed by atoms with Gasteiger partial charge in [-0.1, -0.05) is 12.1 Å². The van der Waals surface area contributed by atoms with Gasteiger partial charge in [-0.2, -0.15) is 17.7 Å². The highest BCUT2D eigenvalue weighted by Gasteiger charge is 2.38. The zero-order chi connectivity index (χ0) is 20.8. The topological polar surface area (TPSA) is 72.9 Å². The summed E-state index contributed by atoms with van der Waals surface area (Å²) in [6, 6.07) is 7.92. The molecule has 1 N–H and O–H groups in total. The predicted molar refractivity (Wildman–Crippen MR) is 103 cm³/mol. The van der Waals surface area contributed by atoms with E-state index in [1.165, 1.54) is 0 Å². The van der Waals surface area contributed by atoms with Crippen molar-refractivity contribution in [1.29, 1.82) is 0 Å². The molecule has 10 heteroatoms. The van der Waals surface area contributed by atoms with Crippen LogP contribution in [0, 0.1) is 20.8 Å². The summed E-state index contributed by atoms with van der Waals surface area (Å²) in [5, 5.41) is 14.2. The summed E-state index contributed by atoms with van der Waals surface area (Å²) < 4.78 is 42.4. The molecule has 0 fully saturated rings. The molecule has 0 amide bonds. The van der Waals surface area contributed by atoms with Crippen molar-refractivity contribution in [2.24, 2.45) is 0 Å². The van der Waals surface area contributed by atoms with Crippen molar-refractivity contribution in [2.45, 2.75) is 39.9 Å². The number of nitrogens with one attached hydrogen (secondary N) is 1. The van der Waals surface area contributed by atoms with E-state index in [0.717, 1.165) is 39.9 Å². The maximum atomic E-state index is 13.2. The van der Waals surface area contributed by atoms with Gasteiger partial charge in [-0.25, -0.2) is 4.98 Å². The van der Waals surface area contributed by atoms with Gasteiger partial charge in [0.25, 0.3) is 5.82 Å². The lowest BCUT2D eigenvalue weighted by atomic mass is 10.2. The Bertz CT molecular complexity index is 1190. The molecule has 3 heterocycles. The molecule has 0 aliphatic heterocycles. The molecule has 7 nitrogen and oxygen atoms in total. The summed E-state index contributed by atoms with van der Waals surface area (Å²) in [5.74, 6) is 0.198. The van der Waals surface area contributed by atoms with Crippen molar-refractivity contribution in [3.05, 3.63) is 47.0 Å². The molecule has 152 valence electrons. The van der Waals surface area contributed by atoms with E-state index in [1.54, 1.807) is 13.8 Å². The Morgan fingerprint density at radius 2 is 1.79 bits per heavy atom. The van der Waals surface area contributed by atoms with Crippen LogP contribution in [0.3, 0.4) is 0 Å². The Hall–Kier alpha value is -3.17. The van der Waals surface area contributed by atoms with Crippen LogP contribution in [0.15, 0.2) is 24.3 Å². The van der Waals surface area contributed by atoms with Crippen LogP contribution in [0.2, 0.25) is 0 Å². The average molecular weight is 403 g/mol. The summed E-state index contributed by atoms with van der Waals surface area (Å²) in [6.07, 6.45) is -3.86. The molecule has 0 saturated heterocycles. The first-order chi connectivity index (χ1) is 13.8. The molecular weight excluding hydrogens is 383 g/mol. The van der Waals surface area contributed by atoms with E-state index >= 15 is 0 Å². The number of halogens is 3. The molecule has 1 aromatic carbocycles. The van der Waals surface area contributed by atoms with Gasteiger partial charge in [0.05, 0.1) is 11.0 Å². The smallest absolute Gasteiger partial charge is 0.368 e. The van der Waals surface area contributed by atoms with Gasteiger partial charge in [-0.15, -0.1) is 15.3 Å². The lowest BCUT2D eigenvalue weighted by Crippen LogP contribution is -2.16. The molecule has 0 aliphatic carbocycles. The largest absolute Gasteiger partial charge is 0.453 e. The minimum Gasteiger partial charge on any atom is -0.368 e. The highest BCUT2D eigenvalue weighted by Crippen LogP contribution is 2.29. The summed E-state index contributed by atoms with van der Waals surface area (Å²) in [7, 11) is 0. The molecule has 4 rings (SSSR count). The number of aryl methyl sites for hydroxylation is 3. The average Bonchev–Trinajstić information content (AvgIpc) is 3.23. The maximum Gasteiger partial charge on any atom is 0.453 e. The number of hydrogen-bond acceptors (Lipinski definition) is 5. The summed E-state index contributed by atoms with van der Waals surface area (Å²) in [6.45, 7) is 6.77. The van der Waals surface area contributed by atoms with Crippen LogP contribution < -0.4 is 5.32 Å². The van der Waals surface area contributed by atoms with Crippen molar-refractivity contribution >= 4 is 22.5 Å². The molecule has 0 aliphatic rings. The highest BCUT2D eigenvalue weighted by molar-refractivity contribution is 5.75. The third-order valence-corrected chi connectivity index (χ3v) is 5.04. The Balaban J connectivity index is 1.52. The monoisotopic (exact) mass is 403 g/mol. The van der Waals surface area contributed by atoms with Crippen molar-refractivity contribution < 1.29 is 13.2 Å². The minimum absolute atomic E-state index is 0.112. The lowest BCUT2D eigenvalue weighted by molar-refractivity contribution is -0.146. The quantitative estimate of drug-likeness (QED) is 0.512. The van der Waals surface area contributed by atoms with Crippen molar-refractivity contribution in [1.82, 2.24) is 29.4 Å². The maximum absolute atomic E-state index is 13.2. The molecule has 0 atom stereocenters. The van der Waals surface area contributed by atoms with Crippen molar-refractivity contribution in [3.63, 3.8) is 0 Å². The Labute approximate surface area is 164 Å². The molecular formula is C19H20F3N7. The van der Waals surface area contributed by atoms with Gasteiger partial charge in [-0.05, 0) is 44.9 Å². The molecule has 0 saturated carbocycles. The number of aromatic nitrogens is 6. The summed E-state index contributed by atoms with van der Waals surface area (Å²) >= 11 is 0. The van der Waals surface area contributed by atoms with Crippen molar-refractivity contribution in [2.75, 3.05) is 11.9 Å². The number of rotatable bonds is 5. The fraction of sp³-hybridized carbons (Fsp3) is 0.368. The van der Waals surface area contributed by atoms with E-state index in [9.17, 15) is 13.2 Å². The third-order valence-electron chi connectivity index (χ3n) is 5.04. The minimum atomic E-state index is -4.62. The SMILES string of the molecule is Cc1c(NCCCn2c(C)nc3ccccc32)nn2c(C(F)(F)F)nnc2c1C. The zero-order valence-electron chi connectivity index (χ0n) is 16.2. The molecule has 29 heavy (non-hydrogen) atoms. The van der Waals surface area contributed by atoms with E-state index in [1.807, 2.05) is 31.2 Å². The van der Waals surface area contributed by atoms with Gasteiger partial charge in [-0.3, -0.25) is 0 Å². The number of benzene rings is 1. The Kier molecular flexibility index (Phi) is 4.64. The highest BCUT2D eigenvalue weighted by atomic mass is 19.4. The van der Waals surface area contributed by atoms with Gasteiger partial charge in [0.1, 0.15) is 11.6 Å². The molecule has 0 radical (unpaired) electrons. The van der Waals surface area contributed by atoms with Gasteiger partial charge in [0, 0.05) is 18.7 Å². The van der Waals surface area contributed by atoms with Gasteiger partial charge in [0.2, 0.25) is 0 Å². The number of imidazole rings is 1. The van der Waals surface area contributed by atoms with Crippen LogP contribution in [0.25, 0.3) is 16.7 Å². The molecule has 0 unspecified atom stereocenters. The predicted octanol–water partition coefficient (Wildman–Crippen LogP) is 3.92. The summed E-state index contributed by atoms with van der Waals surface area (Å²) in [4.78, 5) is 4.54. The van der Waals surface area contributed by atoms with Crippen LogP contribution in [-0.4, -0.2) is 35.9 Å². The third kappa shape index (κ3) is 3.39. The molecule has 4 aromatic rings. The standard InChI is InChI=1S/C19H20F3N7/c1-11-12(2)17-25-26-18(19(20,21)22)29(17)27-16(11)23-9-6-10-28-13(3)24-14-7-4-5-8-15(14)28/h4-5,7-8H,6,9-10H2,1-3H3,(H,23,27). The second-order valence-electron chi connectivity index (χ2n) is 6.94. The first-order valence-electron chi connectivity index (χ1n) is 9.23. The normalized spacial score (nSPS) is 12.2. The molecule has 3 aromatic heterocycles. The number of nitrogens with zero attached hydrogens (tertiary/aromatic N) is 6. The number of para-hydroxylation sites is 2. The van der Waals surface area contributed by atoms with Gasteiger partial charge >= 0.3 is 6.18 Å². The number of alkyl halides is 3. The van der Waals surface area contributed by atoms with Gasteiger partial charge < -0.3 is 9.88 Å². The first kappa shape index (κ1) is 19.2. The zero-order valence-corrected chi connectivity index (χ0v) is 16.2.